The zero-order chi connectivity index (χ0) is 20.0. The molecule has 0 aliphatic rings. The Hall–Kier alpha value is -2.42. The molecule has 9 heteroatoms. The van der Waals surface area contributed by atoms with Crippen LogP contribution < -0.4 is 5.32 Å². The summed E-state index contributed by atoms with van der Waals surface area (Å²) >= 11 is 5.75. The van der Waals surface area contributed by atoms with Gasteiger partial charge < -0.3 is 10.1 Å². The van der Waals surface area contributed by atoms with Gasteiger partial charge in [0.1, 0.15) is 6.54 Å². The maximum Gasteiger partial charge on any atom is 0.321 e. The molecule has 0 aliphatic heterocycles. The SMILES string of the molecule is Cc1ccc(S(=O)(=O)N(C)CC(=O)OCC(=O)Nc2ccc(Cl)cc2)cc1. The Labute approximate surface area is 162 Å². The predicted molar refractivity (Wildman–Crippen MR) is 102 cm³/mol. The van der Waals surface area contributed by atoms with E-state index in [1.165, 1.54) is 19.2 Å². The summed E-state index contributed by atoms with van der Waals surface area (Å²) in [6.45, 7) is 0.802. The lowest BCUT2D eigenvalue weighted by Crippen LogP contribution is -2.34. The first-order valence-corrected chi connectivity index (χ1v) is 9.74. The van der Waals surface area contributed by atoms with Gasteiger partial charge in [-0.1, -0.05) is 29.3 Å². The first kappa shape index (κ1) is 20.9. The predicted octanol–water partition coefficient (Wildman–Crippen LogP) is 2.45. The molecule has 0 aromatic heterocycles. The molecule has 0 atom stereocenters. The molecule has 0 spiro atoms. The number of aryl methyl sites for hydroxylation is 1. The van der Waals surface area contributed by atoms with Crippen LogP contribution >= 0.6 is 11.6 Å². The summed E-state index contributed by atoms with van der Waals surface area (Å²) in [5, 5.41) is 3.06. The van der Waals surface area contributed by atoms with Gasteiger partial charge in [0.25, 0.3) is 5.91 Å². The van der Waals surface area contributed by atoms with E-state index in [0.717, 1.165) is 9.87 Å². The first-order valence-electron chi connectivity index (χ1n) is 7.92. The van der Waals surface area contributed by atoms with Crippen LogP contribution in [0.2, 0.25) is 5.02 Å². The highest BCUT2D eigenvalue weighted by atomic mass is 35.5. The summed E-state index contributed by atoms with van der Waals surface area (Å²) < 4.78 is 30.5. The summed E-state index contributed by atoms with van der Waals surface area (Å²) in [4.78, 5) is 23.7. The van der Waals surface area contributed by atoms with Crippen molar-refractivity contribution in [3.8, 4) is 0 Å². The molecule has 2 aromatic carbocycles. The van der Waals surface area contributed by atoms with Gasteiger partial charge in [0.05, 0.1) is 4.90 Å². The van der Waals surface area contributed by atoms with Crippen LogP contribution in [0.5, 0.6) is 0 Å². The molecule has 0 radical (unpaired) electrons. The van der Waals surface area contributed by atoms with Gasteiger partial charge in [-0.3, -0.25) is 9.59 Å². The average molecular weight is 411 g/mol. The number of nitrogens with one attached hydrogen (secondary N) is 1. The number of rotatable bonds is 7. The second kappa shape index (κ2) is 8.98. The quantitative estimate of drug-likeness (QED) is 0.708. The minimum atomic E-state index is -3.82. The fourth-order valence-electron chi connectivity index (χ4n) is 2.08. The number of esters is 1. The van der Waals surface area contributed by atoms with Crippen LogP contribution in [0, 0.1) is 6.92 Å². The number of halogens is 1. The molecule has 27 heavy (non-hydrogen) atoms. The van der Waals surface area contributed by atoms with Crippen LogP contribution in [0.1, 0.15) is 5.56 Å². The Morgan fingerprint density at radius 3 is 2.26 bits per heavy atom. The maximum atomic E-state index is 12.4. The van der Waals surface area contributed by atoms with Crippen LogP contribution in [-0.2, 0) is 24.3 Å². The third kappa shape index (κ3) is 6.06. The number of likely N-dealkylation sites (N-methyl/N-ethyl adjacent to an activating group) is 1. The number of amides is 1. The van der Waals surface area contributed by atoms with Crippen LogP contribution in [0.4, 0.5) is 5.69 Å². The van der Waals surface area contributed by atoms with Crippen LogP contribution in [0.15, 0.2) is 53.4 Å². The maximum absolute atomic E-state index is 12.4. The number of benzene rings is 2. The van der Waals surface area contributed by atoms with E-state index in [9.17, 15) is 18.0 Å². The van der Waals surface area contributed by atoms with Crippen molar-refractivity contribution in [3.05, 3.63) is 59.1 Å². The van der Waals surface area contributed by atoms with Gasteiger partial charge in [-0.05, 0) is 43.3 Å². The molecule has 0 heterocycles. The van der Waals surface area contributed by atoms with E-state index < -0.39 is 35.1 Å². The minimum absolute atomic E-state index is 0.0730. The summed E-state index contributed by atoms with van der Waals surface area (Å²) in [6.07, 6.45) is 0. The highest BCUT2D eigenvalue weighted by molar-refractivity contribution is 7.89. The monoisotopic (exact) mass is 410 g/mol. The average Bonchev–Trinajstić information content (AvgIpc) is 2.62. The van der Waals surface area contributed by atoms with Crippen LogP contribution in [0.25, 0.3) is 0 Å². The molecule has 2 aromatic rings. The Bertz CT molecular complexity index is 912. The normalized spacial score (nSPS) is 11.3. The number of sulfonamides is 1. The highest BCUT2D eigenvalue weighted by Crippen LogP contribution is 2.15. The second-order valence-electron chi connectivity index (χ2n) is 5.79. The van der Waals surface area contributed by atoms with E-state index in [-0.39, 0.29) is 4.90 Å². The fraction of sp³-hybridized carbons (Fsp3) is 0.222. The van der Waals surface area contributed by atoms with E-state index >= 15 is 0 Å². The molecule has 1 amide bonds. The van der Waals surface area contributed by atoms with Gasteiger partial charge in [0, 0.05) is 17.8 Å². The number of nitrogens with zero attached hydrogens (tertiary/aromatic N) is 1. The zero-order valence-electron chi connectivity index (χ0n) is 14.8. The Morgan fingerprint density at radius 2 is 1.67 bits per heavy atom. The number of hydrogen-bond donors (Lipinski definition) is 1. The van der Waals surface area contributed by atoms with E-state index in [2.05, 4.69) is 5.32 Å². The lowest BCUT2D eigenvalue weighted by atomic mass is 10.2. The third-order valence-corrected chi connectivity index (χ3v) is 5.64. The molecule has 0 saturated heterocycles. The smallest absolute Gasteiger partial charge is 0.321 e. The minimum Gasteiger partial charge on any atom is -0.455 e. The van der Waals surface area contributed by atoms with Crippen molar-refractivity contribution in [2.45, 2.75) is 11.8 Å². The third-order valence-electron chi connectivity index (χ3n) is 3.57. The van der Waals surface area contributed by atoms with Gasteiger partial charge in [0.15, 0.2) is 6.61 Å². The number of ether oxygens (including phenoxy) is 1. The van der Waals surface area contributed by atoms with Gasteiger partial charge in [-0.15, -0.1) is 0 Å². The van der Waals surface area contributed by atoms with Gasteiger partial charge >= 0.3 is 5.97 Å². The van der Waals surface area contributed by atoms with E-state index in [4.69, 9.17) is 16.3 Å². The van der Waals surface area contributed by atoms with Crippen LogP contribution in [0.3, 0.4) is 0 Å². The van der Waals surface area contributed by atoms with Crippen molar-refractivity contribution >= 4 is 39.2 Å². The van der Waals surface area contributed by atoms with Crippen LogP contribution in [-0.4, -0.2) is 44.8 Å². The molecular formula is C18H19ClN2O5S. The molecule has 144 valence electrons. The highest BCUT2D eigenvalue weighted by Gasteiger charge is 2.23. The Balaban J connectivity index is 1.86. The molecule has 0 saturated carbocycles. The van der Waals surface area contributed by atoms with E-state index in [0.29, 0.717) is 10.7 Å². The molecule has 0 aliphatic carbocycles. The van der Waals surface area contributed by atoms with Gasteiger partial charge in [-0.2, -0.15) is 4.31 Å². The Kier molecular flexibility index (Phi) is 6.95. The topological polar surface area (TPSA) is 92.8 Å². The number of carbonyl (C=O) groups is 2. The van der Waals surface area contributed by atoms with Crippen molar-refractivity contribution in [2.24, 2.45) is 0 Å². The summed E-state index contributed by atoms with van der Waals surface area (Å²) in [7, 11) is -2.55. The van der Waals surface area contributed by atoms with Crippen molar-refractivity contribution < 1.29 is 22.7 Å². The first-order chi connectivity index (χ1) is 12.7. The molecule has 0 unspecified atom stereocenters. The molecular weight excluding hydrogens is 392 g/mol. The molecule has 0 bridgehead atoms. The van der Waals surface area contributed by atoms with Crippen molar-refractivity contribution in [3.63, 3.8) is 0 Å². The van der Waals surface area contributed by atoms with Crippen molar-refractivity contribution in [1.29, 1.82) is 0 Å². The van der Waals surface area contributed by atoms with Crippen molar-refractivity contribution in [2.75, 3.05) is 25.5 Å². The van der Waals surface area contributed by atoms with E-state index in [1.54, 1.807) is 36.4 Å². The molecule has 1 N–H and O–H groups in total. The molecule has 7 nitrogen and oxygen atoms in total. The summed E-state index contributed by atoms with van der Waals surface area (Å²) in [6, 6.07) is 12.7. The number of anilines is 1. The second-order valence-corrected chi connectivity index (χ2v) is 8.27. The number of hydrogen-bond acceptors (Lipinski definition) is 5. The zero-order valence-corrected chi connectivity index (χ0v) is 16.4. The number of carbonyl (C=O) groups excluding carboxylic acids is 2. The fourth-order valence-corrected chi connectivity index (χ4v) is 3.32. The lowest BCUT2D eigenvalue weighted by Gasteiger charge is -2.16. The Morgan fingerprint density at radius 1 is 1.07 bits per heavy atom. The largest absolute Gasteiger partial charge is 0.455 e. The summed E-state index contributed by atoms with van der Waals surface area (Å²) in [5.41, 5.74) is 1.42. The lowest BCUT2D eigenvalue weighted by molar-refractivity contribution is -0.147. The van der Waals surface area contributed by atoms with Crippen molar-refractivity contribution in [1.82, 2.24) is 4.31 Å². The summed E-state index contributed by atoms with van der Waals surface area (Å²) in [5.74, 6) is -1.38. The van der Waals surface area contributed by atoms with Gasteiger partial charge in [0.2, 0.25) is 10.0 Å². The van der Waals surface area contributed by atoms with E-state index in [1.807, 2.05) is 6.92 Å². The molecule has 0 fully saturated rings. The molecule has 2 rings (SSSR count). The van der Waals surface area contributed by atoms with Gasteiger partial charge in [-0.25, -0.2) is 8.42 Å². The standard InChI is InChI=1S/C18H19ClN2O5S/c1-13-3-9-16(10-4-13)27(24,25)21(2)11-18(23)26-12-17(22)20-15-7-5-14(19)6-8-15/h3-10H,11-12H2,1-2H3,(H,20,22).